The van der Waals surface area contributed by atoms with Gasteiger partial charge in [-0.05, 0) is 29.8 Å². The summed E-state index contributed by atoms with van der Waals surface area (Å²) >= 11 is 0. The fourth-order valence-electron chi connectivity index (χ4n) is 2.12. The molecule has 0 saturated carbocycles. The lowest BCUT2D eigenvalue weighted by Gasteiger charge is -2.12. The summed E-state index contributed by atoms with van der Waals surface area (Å²) in [6.45, 7) is 0.185. The quantitative estimate of drug-likeness (QED) is 0.809. The number of hydrogen-bond acceptors (Lipinski definition) is 4. The fourth-order valence-corrected chi connectivity index (χ4v) is 2.12. The molecule has 0 unspecified atom stereocenters. The molecule has 0 bridgehead atoms. The summed E-state index contributed by atoms with van der Waals surface area (Å²) in [6, 6.07) is 9.57. The molecule has 2 rings (SSSR count). The van der Waals surface area contributed by atoms with Crippen molar-refractivity contribution in [2.45, 2.75) is 12.9 Å². The van der Waals surface area contributed by atoms with Crippen molar-refractivity contribution in [1.82, 2.24) is 5.32 Å². The lowest BCUT2D eigenvalue weighted by atomic mass is 10.2. The van der Waals surface area contributed by atoms with Gasteiger partial charge >= 0.3 is 12.4 Å². The third-order valence-corrected chi connectivity index (χ3v) is 3.23. The molecule has 2 amide bonds. The van der Waals surface area contributed by atoms with Crippen LogP contribution in [0.4, 0.5) is 23.7 Å². The Morgan fingerprint density at radius 1 is 1.04 bits per heavy atom. The van der Waals surface area contributed by atoms with Crippen molar-refractivity contribution in [3.63, 3.8) is 0 Å². The van der Waals surface area contributed by atoms with E-state index < -0.39 is 18.1 Å². The van der Waals surface area contributed by atoms with Crippen LogP contribution in [0.5, 0.6) is 17.2 Å². The number of carbonyl (C=O) groups is 1. The number of benzene rings is 2. The number of anilines is 1. The maximum atomic E-state index is 12.2. The molecule has 0 aliphatic carbocycles. The molecular formula is C17H17F3N2O4. The SMILES string of the molecule is COc1ccc(CNC(=O)Nc2cccc(OC(F)(F)F)c2)cc1OC. The molecule has 9 heteroatoms. The molecule has 0 radical (unpaired) electrons. The Hall–Kier alpha value is -3.10. The average molecular weight is 370 g/mol. The van der Waals surface area contributed by atoms with Crippen LogP contribution in [0.1, 0.15) is 5.56 Å². The minimum absolute atomic E-state index is 0.163. The molecule has 26 heavy (non-hydrogen) atoms. The van der Waals surface area contributed by atoms with Gasteiger partial charge in [-0.1, -0.05) is 12.1 Å². The summed E-state index contributed by atoms with van der Waals surface area (Å²) in [6.07, 6.45) is -4.80. The molecule has 0 aromatic heterocycles. The number of methoxy groups -OCH3 is 2. The summed E-state index contributed by atoms with van der Waals surface area (Å²) in [5, 5.41) is 5.03. The number of alkyl halides is 3. The number of hydrogen-bond donors (Lipinski definition) is 2. The van der Waals surface area contributed by atoms with Crippen LogP contribution in [-0.4, -0.2) is 26.6 Å². The van der Waals surface area contributed by atoms with Gasteiger partial charge in [0, 0.05) is 18.3 Å². The normalized spacial score (nSPS) is 10.8. The first kappa shape index (κ1) is 19.2. The smallest absolute Gasteiger partial charge is 0.493 e. The minimum Gasteiger partial charge on any atom is -0.493 e. The van der Waals surface area contributed by atoms with E-state index in [0.717, 1.165) is 17.7 Å². The maximum absolute atomic E-state index is 12.2. The van der Waals surface area contributed by atoms with Gasteiger partial charge in [0.1, 0.15) is 5.75 Å². The second-order valence-electron chi connectivity index (χ2n) is 5.07. The number of carbonyl (C=O) groups excluding carboxylic acids is 1. The molecule has 0 spiro atoms. The van der Waals surface area contributed by atoms with Crippen LogP contribution in [0.25, 0.3) is 0 Å². The van der Waals surface area contributed by atoms with Gasteiger partial charge in [0.2, 0.25) is 0 Å². The van der Waals surface area contributed by atoms with Gasteiger partial charge in [0.15, 0.2) is 11.5 Å². The number of ether oxygens (including phenoxy) is 3. The summed E-state index contributed by atoms with van der Waals surface area (Å²) < 4.78 is 50.8. The van der Waals surface area contributed by atoms with Crippen molar-refractivity contribution in [3.8, 4) is 17.2 Å². The number of urea groups is 1. The van der Waals surface area contributed by atoms with E-state index in [-0.39, 0.29) is 12.2 Å². The molecule has 6 nitrogen and oxygen atoms in total. The molecule has 2 aromatic carbocycles. The zero-order valence-electron chi connectivity index (χ0n) is 14.0. The Kier molecular flexibility index (Phi) is 6.16. The van der Waals surface area contributed by atoms with Crippen molar-refractivity contribution >= 4 is 11.7 Å². The van der Waals surface area contributed by atoms with Gasteiger partial charge in [-0.15, -0.1) is 13.2 Å². The minimum atomic E-state index is -4.80. The molecule has 0 aliphatic heterocycles. The molecule has 0 aliphatic rings. The molecule has 0 atom stereocenters. The highest BCUT2D eigenvalue weighted by Gasteiger charge is 2.31. The van der Waals surface area contributed by atoms with Crippen molar-refractivity contribution in [2.75, 3.05) is 19.5 Å². The summed E-state index contributed by atoms with van der Waals surface area (Å²) in [5.74, 6) is 0.654. The van der Waals surface area contributed by atoms with Crippen LogP contribution in [0.15, 0.2) is 42.5 Å². The highest BCUT2D eigenvalue weighted by Crippen LogP contribution is 2.27. The first-order chi connectivity index (χ1) is 12.3. The lowest BCUT2D eigenvalue weighted by molar-refractivity contribution is -0.274. The van der Waals surface area contributed by atoms with Crippen LogP contribution < -0.4 is 24.8 Å². The Labute approximate surface area is 147 Å². The number of rotatable bonds is 6. The first-order valence-corrected chi connectivity index (χ1v) is 7.42. The highest BCUT2D eigenvalue weighted by molar-refractivity contribution is 5.89. The van der Waals surface area contributed by atoms with Gasteiger partial charge in [-0.25, -0.2) is 4.79 Å². The van der Waals surface area contributed by atoms with E-state index >= 15 is 0 Å². The van der Waals surface area contributed by atoms with E-state index in [0.29, 0.717) is 11.5 Å². The molecule has 0 fully saturated rings. The summed E-state index contributed by atoms with van der Waals surface area (Å²) in [7, 11) is 3.01. The van der Waals surface area contributed by atoms with E-state index in [9.17, 15) is 18.0 Å². The first-order valence-electron chi connectivity index (χ1n) is 7.42. The van der Waals surface area contributed by atoms with E-state index in [1.54, 1.807) is 18.2 Å². The lowest BCUT2D eigenvalue weighted by Crippen LogP contribution is -2.28. The Morgan fingerprint density at radius 3 is 2.42 bits per heavy atom. The molecule has 0 saturated heterocycles. The predicted molar refractivity (Wildman–Crippen MR) is 88.5 cm³/mol. The Bertz CT molecular complexity index is 766. The van der Waals surface area contributed by atoms with E-state index in [1.807, 2.05) is 0 Å². The maximum Gasteiger partial charge on any atom is 0.573 e. The zero-order chi connectivity index (χ0) is 19.2. The van der Waals surface area contributed by atoms with Crippen molar-refractivity contribution in [2.24, 2.45) is 0 Å². The van der Waals surface area contributed by atoms with Gasteiger partial charge in [-0.3, -0.25) is 0 Å². The van der Waals surface area contributed by atoms with Crippen molar-refractivity contribution < 1.29 is 32.2 Å². The monoisotopic (exact) mass is 370 g/mol. The second-order valence-corrected chi connectivity index (χ2v) is 5.07. The third-order valence-electron chi connectivity index (χ3n) is 3.23. The highest BCUT2D eigenvalue weighted by atomic mass is 19.4. The summed E-state index contributed by atoms with van der Waals surface area (Å²) in [4.78, 5) is 11.9. The van der Waals surface area contributed by atoms with Crippen LogP contribution in [0.3, 0.4) is 0 Å². The largest absolute Gasteiger partial charge is 0.573 e. The Balaban J connectivity index is 1.94. The molecule has 2 aromatic rings. The fraction of sp³-hybridized carbons (Fsp3) is 0.235. The van der Waals surface area contributed by atoms with Crippen LogP contribution in [-0.2, 0) is 6.54 Å². The number of nitrogens with one attached hydrogen (secondary N) is 2. The van der Waals surface area contributed by atoms with Gasteiger partial charge in [-0.2, -0.15) is 0 Å². The third kappa shape index (κ3) is 5.76. The molecular weight excluding hydrogens is 353 g/mol. The van der Waals surface area contributed by atoms with Crippen LogP contribution in [0.2, 0.25) is 0 Å². The number of halogens is 3. The predicted octanol–water partition coefficient (Wildman–Crippen LogP) is 3.92. The van der Waals surface area contributed by atoms with Crippen LogP contribution >= 0.6 is 0 Å². The van der Waals surface area contributed by atoms with Gasteiger partial charge < -0.3 is 24.8 Å². The second kappa shape index (κ2) is 8.32. The van der Waals surface area contributed by atoms with Crippen LogP contribution in [0, 0.1) is 0 Å². The zero-order valence-corrected chi connectivity index (χ0v) is 14.0. The molecule has 0 heterocycles. The van der Waals surface area contributed by atoms with Crippen molar-refractivity contribution in [1.29, 1.82) is 0 Å². The summed E-state index contributed by atoms with van der Waals surface area (Å²) in [5.41, 5.74) is 0.920. The Morgan fingerprint density at radius 2 is 1.77 bits per heavy atom. The molecule has 140 valence electrons. The molecule has 2 N–H and O–H groups in total. The standard InChI is InChI=1S/C17H17F3N2O4/c1-24-14-7-6-11(8-15(14)25-2)10-21-16(23)22-12-4-3-5-13(9-12)26-17(18,19)20/h3-9H,10H2,1-2H3,(H2,21,22,23). The average Bonchev–Trinajstić information content (AvgIpc) is 2.58. The van der Waals surface area contributed by atoms with Gasteiger partial charge in [0.25, 0.3) is 0 Å². The topological polar surface area (TPSA) is 68.8 Å². The van der Waals surface area contributed by atoms with Crippen molar-refractivity contribution in [3.05, 3.63) is 48.0 Å². The van der Waals surface area contributed by atoms with E-state index in [2.05, 4.69) is 15.4 Å². The number of amides is 2. The van der Waals surface area contributed by atoms with E-state index in [1.165, 1.54) is 26.4 Å². The van der Waals surface area contributed by atoms with E-state index in [4.69, 9.17) is 9.47 Å². The van der Waals surface area contributed by atoms with Gasteiger partial charge in [0.05, 0.1) is 14.2 Å².